The van der Waals surface area contributed by atoms with E-state index in [1.165, 1.54) is 9.77 Å². The van der Waals surface area contributed by atoms with Gasteiger partial charge < -0.3 is 4.72 Å². The van der Waals surface area contributed by atoms with Gasteiger partial charge in [0.25, 0.3) is 0 Å². The van der Waals surface area contributed by atoms with Gasteiger partial charge in [-0.05, 0) is 35.5 Å². The molecule has 0 bridgehead atoms. The van der Waals surface area contributed by atoms with E-state index in [1.807, 2.05) is 24.3 Å². The van der Waals surface area contributed by atoms with Crippen molar-refractivity contribution in [1.29, 1.82) is 0 Å². The molecule has 74 valence electrons. The lowest BCUT2D eigenvalue weighted by Gasteiger charge is -2.14. The molecule has 0 fully saturated rings. The molecule has 2 heterocycles. The molecule has 0 saturated heterocycles. The third kappa shape index (κ3) is 1.66. The topological polar surface area (TPSA) is 24.4 Å². The minimum Gasteiger partial charge on any atom is -0.309 e. The van der Waals surface area contributed by atoms with Gasteiger partial charge in [-0.3, -0.25) is 0 Å². The van der Waals surface area contributed by atoms with Gasteiger partial charge in [0.1, 0.15) is 0 Å². The van der Waals surface area contributed by atoms with Crippen molar-refractivity contribution in [3.05, 3.63) is 46.7 Å². The number of aliphatic imine (C=N–C) groups is 1. The first-order chi connectivity index (χ1) is 7.43. The van der Waals surface area contributed by atoms with E-state index in [9.17, 15) is 0 Å². The Balaban J connectivity index is 2.06. The Hall–Kier alpha value is -1.26. The SMILES string of the molecule is c1csc(C2=Nc3ccccc3SN2)c1. The first-order valence-corrected chi connectivity index (χ1v) is 6.27. The molecule has 1 aliphatic heterocycles. The Bertz CT molecular complexity index is 503. The summed E-state index contributed by atoms with van der Waals surface area (Å²) < 4.78 is 3.25. The summed E-state index contributed by atoms with van der Waals surface area (Å²) in [5.74, 6) is 0.953. The van der Waals surface area contributed by atoms with Crippen molar-refractivity contribution in [2.75, 3.05) is 0 Å². The molecule has 15 heavy (non-hydrogen) atoms. The maximum absolute atomic E-state index is 4.58. The summed E-state index contributed by atoms with van der Waals surface area (Å²) in [4.78, 5) is 6.94. The summed E-state index contributed by atoms with van der Waals surface area (Å²) in [7, 11) is 0. The van der Waals surface area contributed by atoms with Crippen LogP contribution in [0.15, 0.2) is 51.7 Å². The highest BCUT2D eigenvalue weighted by molar-refractivity contribution is 7.98. The van der Waals surface area contributed by atoms with Crippen molar-refractivity contribution in [2.45, 2.75) is 4.90 Å². The van der Waals surface area contributed by atoms with E-state index in [1.54, 1.807) is 23.3 Å². The minimum atomic E-state index is 0.953. The highest BCUT2D eigenvalue weighted by Gasteiger charge is 2.13. The van der Waals surface area contributed by atoms with Gasteiger partial charge in [0.15, 0.2) is 5.84 Å². The molecule has 4 heteroatoms. The number of hydrogen-bond donors (Lipinski definition) is 1. The third-order valence-corrected chi connectivity index (χ3v) is 3.85. The zero-order valence-corrected chi connectivity index (χ0v) is 9.44. The standard InChI is InChI=1S/C11H8N2S2/c1-2-5-9-8(4-1)12-11(13-15-9)10-6-3-7-14-10/h1-7H,(H,12,13). The van der Waals surface area contributed by atoms with Crippen LogP contribution in [0.1, 0.15) is 4.88 Å². The molecule has 2 aromatic rings. The van der Waals surface area contributed by atoms with Crippen molar-refractivity contribution >= 4 is 34.8 Å². The van der Waals surface area contributed by atoms with Crippen LogP contribution in [0.5, 0.6) is 0 Å². The Kier molecular flexibility index (Phi) is 2.23. The molecule has 1 aromatic heterocycles. The minimum absolute atomic E-state index is 0.953. The Morgan fingerprint density at radius 2 is 2.00 bits per heavy atom. The smallest absolute Gasteiger partial charge is 0.154 e. The van der Waals surface area contributed by atoms with Crippen LogP contribution in [0, 0.1) is 0 Å². The molecule has 0 aliphatic carbocycles. The van der Waals surface area contributed by atoms with Crippen molar-refractivity contribution in [3.8, 4) is 0 Å². The predicted octanol–water partition coefficient (Wildman–Crippen LogP) is 3.44. The van der Waals surface area contributed by atoms with Crippen molar-refractivity contribution in [3.63, 3.8) is 0 Å². The van der Waals surface area contributed by atoms with Crippen LogP contribution in [0.25, 0.3) is 0 Å². The molecule has 0 amide bonds. The van der Waals surface area contributed by atoms with Crippen LogP contribution in [-0.2, 0) is 0 Å². The van der Waals surface area contributed by atoms with Crippen molar-refractivity contribution in [2.24, 2.45) is 4.99 Å². The highest BCUT2D eigenvalue weighted by Crippen LogP contribution is 2.32. The Morgan fingerprint density at radius 3 is 2.87 bits per heavy atom. The average molecular weight is 232 g/mol. The van der Waals surface area contributed by atoms with Crippen LogP contribution in [-0.4, -0.2) is 5.84 Å². The van der Waals surface area contributed by atoms with Crippen LogP contribution in [0.4, 0.5) is 5.69 Å². The average Bonchev–Trinajstić information content (AvgIpc) is 2.82. The van der Waals surface area contributed by atoms with Crippen molar-refractivity contribution < 1.29 is 0 Å². The maximum atomic E-state index is 4.58. The molecule has 0 unspecified atom stereocenters. The quantitative estimate of drug-likeness (QED) is 0.762. The molecular weight excluding hydrogens is 224 g/mol. The van der Waals surface area contributed by atoms with E-state index in [4.69, 9.17) is 0 Å². The molecule has 1 N–H and O–H groups in total. The fourth-order valence-corrected chi connectivity index (χ4v) is 2.86. The van der Waals surface area contributed by atoms with Gasteiger partial charge in [0.05, 0.1) is 15.5 Å². The van der Waals surface area contributed by atoms with Crippen molar-refractivity contribution in [1.82, 2.24) is 4.72 Å². The predicted molar refractivity (Wildman–Crippen MR) is 66.0 cm³/mol. The van der Waals surface area contributed by atoms with Gasteiger partial charge in [0, 0.05) is 0 Å². The molecule has 2 nitrogen and oxygen atoms in total. The van der Waals surface area contributed by atoms with Crippen LogP contribution in [0.3, 0.4) is 0 Å². The molecule has 0 radical (unpaired) electrons. The Labute approximate surface area is 96.2 Å². The lowest BCUT2D eigenvalue weighted by molar-refractivity contribution is 1.29. The molecule has 0 spiro atoms. The fraction of sp³-hybridized carbons (Fsp3) is 0. The number of rotatable bonds is 1. The molecule has 3 rings (SSSR count). The number of amidine groups is 1. The van der Waals surface area contributed by atoms with Gasteiger partial charge in [-0.2, -0.15) is 0 Å². The van der Waals surface area contributed by atoms with Crippen LogP contribution in [0.2, 0.25) is 0 Å². The summed E-state index contributed by atoms with van der Waals surface area (Å²) in [5.41, 5.74) is 1.05. The Morgan fingerprint density at radius 1 is 1.07 bits per heavy atom. The zero-order chi connectivity index (χ0) is 10.1. The van der Waals surface area contributed by atoms with Gasteiger partial charge >= 0.3 is 0 Å². The lowest BCUT2D eigenvalue weighted by atomic mass is 10.3. The van der Waals surface area contributed by atoms with E-state index in [0.717, 1.165) is 11.5 Å². The number of hydrogen-bond acceptors (Lipinski definition) is 4. The zero-order valence-electron chi connectivity index (χ0n) is 7.81. The van der Waals surface area contributed by atoms with E-state index in [2.05, 4.69) is 27.2 Å². The van der Waals surface area contributed by atoms with E-state index in [0.29, 0.717) is 0 Å². The number of thiophene rings is 1. The lowest BCUT2D eigenvalue weighted by Crippen LogP contribution is -2.18. The van der Waals surface area contributed by atoms with Gasteiger partial charge in [0.2, 0.25) is 0 Å². The van der Waals surface area contributed by atoms with Gasteiger partial charge in [-0.15, -0.1) is 11.3 Å². The van der Waals surface area contributed by atoms with Crippen LogP contribution < -0.4 is 4.72 Å². The summed E-state index contributed by atoms with van der Waals surface area (Å²) in [6.07, 6.45) is 0. The number of nitrogens with zero attached hydrogens (tertiary/aromatic N) is 1. The third-order valence-electron chi connectivity index (χ3n) is 2.11. The van der Waals surface area contributed by atoms with E-state index in [-0.39, 0.29) is 0 Å². The second kappa shape index (κ2) is 3.72. The fourth-order valence-electron chi connectivity index (χ4n) is 1.40. The highest BCUT2D eigenvalue weighted by atomic mass is 32.2. The van der Waals surface area contributed by atoms with E-state index >= 15 is 0 Å². The van der Waals surface area contributed by atoms with Gasteiger partial charge in [-0.1, -0.05) is 18.2 Å². The normalized spacial score (nSPS) is 14.0. The largest absolute Gasteiger partial charge is 0.309 e. The van der Waals surface area contributed by atoms with Gasteiger partial charge in [-0.25, -0.2) is 4.99 Å². The van der Waals surface area contributed by atoms with E-state index < -0.39 is 0 Å². The summed E-state index contributed by atoms with van der Waals surface area (Å²) >= 11 is 3.32. The molecular formula is C11H8N2S2. The molecule has 1 aliphatic rings. The molecule has 0 saturated carbocycles. The summed E-state index contributed by atoms with van der Waals surface area (Å²) in [6.45, 7) is 0. The maximum Gasteiger partial charge on any atom is 0.154 e. The number of para-hydroxylation sites is 1. The number of nitrogens with one attached hydrogen (secondary N) is 1. The number of benzene rings is 1. The first kappa shape index (κ1) is 9.00. The number of fused-ring (bicyclic) bond motifs is 1. The second-order valence-corrected chi connectivity index (χ2v) is 4.91. The second-order valence-electron chi connectivity index (χ2n) is 3.11. The summed E-state index contributed by atoms with van der Waals surface area (Å²) in [5, 5.41) is 2.06. The summed E-state index contributed by atoms with van der Waals surface area (Å²) in [6, 6.07) is 12.3. The molecule has 1 aromatic carbocycles. The first-order valence-electron chi connectivity index (χ1n) is 4.58. The van der Waals surface area contributed by atoms with Crippen LogP contribution >= 0.6 is 23.3 Å². The molecule has 0 atom stereocenters. The monoisotopic (exact) mass is 232 g/mol.